The first-order valence-corrected chi connectivity index (χ1v) is 12.1. The van der Waals surface area contributed by atoms with Crippen molar-refractivity contribution in [3.05, 3.63) is 68.5 Å². The van der Waals surface area contributed by atoms with Crippen LogP contribution >= 0.6 is 11.3 Å². The molecule has 34 heavy (non-hydrogen) atoms. The summed E-state index contributed by atoms with van der Waals surface area (Å²) in [5.74, 6) is 0.879. The van der Waals surface area contributed by atoms with E-state index in [4.69, 9.17) is 9.26 Å². The van der Waals surface area contributed by atoms with Crippen molar-refractivity contribution in [3.63, 3.8) is 0 Å². The average Bonchev–Trinajstić information content (AvgIpc) is 3.42. The summed E-state index contributed by atoms with van der Waals surface area (Å²) in [5.41, 5.74) is 3.51. The predicted octanol–water partition coefficient (Wildman–Crippen LogP) is 4.09. The molecule has 0 saturated heterocycles. The number of ether oxygens (including phenoxy) is 1. The summed E-state index contributed by atoms with van der Waals surface area (Å²) in [5, 5.41) is 16.2. The van der Waals surface area contributed by atoms with E-state index in [1.165, 1.54) is 0 Å². The maximum atomic E-state index is 12.6. The Morgan fingerprint density at radius 2 is 2.29 bits per heavy atom. The molecule has 1 amide bonds. The third kappa shape index (κ3) is 6.08. The standard InChI is InChI=1S/C25H26N4O4S/c1-16-9-20(33-29-16)14-28-25(31)32-15-18-5-7-21-22(12-26)24(34-23(21)10-18)11-19(30)6-4-17-3-2-8-27-13-17/h2-3,8-9,13,18H,4-7,10-11,14-15H2,1H3,(H,28,31). The molecule has 1 aliphatic carbocycles. The van der Waals surface area contributed by atoms with E-state index in [1.54, 1.807) is 29.8 Å². The van der Waals surface area contributed by atoms with Gasteiger partial charge in [0.2, 0.25) is 0 Å². The fourth-order valence-electron chi connectivity index (χ4n) is 4.11. The number of fused-ring (bicyclic) bond motifs is 1. The van der Waals surface area contributed by atoms with Crippen LogP contribution in [0.5, 0.6) is 0 Å². The normalized spacial score (nSPS) is 14.8. The van der Waals surface area contributed by atoms with Gasteiger partial charge >= 0.3 is 6.09 Å². The molecule has 0 aromatic carbocycles. The quantitative estimate of drug-likeness (QED) is 0.492. The molecule has 1 aliphatic rings. The molecular weight excluding hydrogens is 452 g/mol. The first-order chi connectivity index (χ1) is 16.5. The van der Waals surface area contributed by atoms with Crippen molar-refractivity contribution in [2.45, 2.75) is 52.0 Å². The van der Waals surface area contributed by atoms with E-state index in [0.29, 0.717) is 30.8 Å². The maximum absolute atomic E-state index is 12.6. The van der Waals surface area contributed by atoms with Crippen molar-refractivity contribution in [1.82, 2.24) is 15.5 Å². The summed E-state index contributed by atoms with van der Waals surface area (Å²) >= 11 is 1.55. The number of carbonyl (C=O) groups excluding carboxylic acids is 2. The molecule has 3 aromatic heterocycles. The molecule has 3 heterocycles. The SMILES string of the molecule is Cc1cc(CNC(=O)OCC2CCc3c(sc(CC(=O)CCc4cccnc4)c3C#N)C2)on1. The second-order valence-electron chi connectivity index (χ2n) is 8.49. The molecule has 0 radical (unpaired) electrons. The highest BCUT2D eigenvalue weighted by molar-refractivity contribution is 7.12. The molecule has 0 aliphatic heterocycles. The van der Waals surface area contributed by atoms with Crippen LogP contribution in [0.1, 0.15) is 50.7 Å². The minimum atomic E-state index is -0.497. The van der Waals surface area contributed by atoms with Gasteiger partial charge in [0.25, 0.3) is 0 Å². The molecule has 1 N–H and O–H groups in total. The first-order valence-electron chi connectivity index (χ1n) is 11.3. The number of nitrogens with zero attached hydrogens (tertiary/aromatic N) is 3. The second-order valence-corrected chi connectivity index (χ2v) is 9.68. The Labute approximate surface area is 201 Å². The van der Waals surface area contributed by atoms with Crippen LogP contribution in [0.4, 0.5) is 4.79 Å². The summed E-state index contributed by atoms with van der Waals surface area (Å²) in [7, 11) is 0. The number of aromatic nitrogens is 2. The lowest BCUT2D eigenvalue weighted by Gasteiger charge is -2.21. The molecule has 0 fully saturated rings. The third-order valence-electron chi connectivity index (χ3n) is 5.86. The Kier molecular flexibility index (Phi) is 7.70. The third-order valence-corrected chi connectivity index (χ3v) is 7.11. The van der Waals surface area contributed by atoms with Gasteiger partial charge < -0.3 is 14.6 Å². The number of thiophene rings is 1. The van der Waals surface area contributed by atoms with Crippen molar-refractivity contribution in [1.29, 1.82) is 5.26 Å². The summed E-state index contributed by atoms with van der Waals surface area (Å²) in [6.45, 7) is 2.34. The predicted molar refractivity (Wildman–Crippen MR) is 125 cm³/mol. The zero-order valence-corrected chi connectivity index (χ0v) is 19.8. The molecular formula is C25H26N4O4S. The van der Waals surface area contributed by atoms with Gasteiger partial charge in [0.05, 0.1) is 24.4 Å². The Balaban J connectivity index is 1.28. The van der Waals surface area contributed by atoms with E-state index < -0.39 is 6.09 Å². The molecule has 1 atom stereocenters. The maximum Gasteiger partial charge on any atom is 0.407 e. The van der Waals surface area contributed by atoms with Gasteiger partial charge in [-0.05, 0) is 55.7 Å². The molecule has 9 heteroatoms. The van der Waals surface area contributed by atoms with Crippen molar-refractivity contribution in [2.75, 3.05) is 6.61 Å². The number of amides is 1. The Hall–Kier alpha value is -3.51. The summed E-state index contributed by atoms with van der Waals surface area (Å²) in [6, 6.07) is 7.90. The molecule has 3 aromatic rings. The van der Waals surface area contributed by atoms with Crippen LogP contribution < -0.4 is 5.32 Å². The highest BCUT2D eigenvalue weighted by Crippen LogP contribution is 2.36. The van der Waals surface area contributed by atoms with Gasteiger partial charge in [0, 0.05) is 41.1 Å². The lowest BCUT2D eigenvalue weighted by Crippen LogP contribution is -2.27. The number of aryl methyl sites for hydroxylation is 2. The van der Waals surface area contributed by atoms with Gasteiger partial charge in [-0.2, -0.15) is 5.26 Å². The largest absolute Gasteiger partial charge is 0.449 e. The fraction of sp³-hybridized carbons (Fsp3) is 0.400. The van der Waals surface area contributed by atoms with E-state index >= 15 is 0 Å². The van der Waals surface area contributed by atoms with Crippen molar-refractivity contribution in [3.8, 4) is 6.07 Å². The van der Waals surface area contributed by atoms with Crippen molar-refractivity contribution < 1.29 is 18.8 Å². The number of nitrogens with one attached hydrogen (secondary N) is 1. The highest BCUT2D eigenvalue weighted by atomic mass is 32.1. The molecule has 1 unspecified atom stereocenters. The number of nitriles is 1. The minimum Gasteiger partial charge on any atom is -0.449 e. The fourth-order valence-corrected chi connectivity index (χ4v) is 5.56. The number of ketones is 1. The number of pyridine rings is 1. The van der Waals surface area contributed by atoms with Crippen LogP contribution in [0.25, 0.3) is 0 Å². The number of hydrogen-bond donors (Lipinski definition) is 1. The van der Waals surface area contributed by atoms with Crippen LogP contribution in [0.3, 0.4) is 0 Å². The number of carbonyl (C=O) groups is 2. The monoisotopic (exact) mass is 478 g/mol. The molecule has 0 bridgehead atoms. The first kappa shape index (κ1) is 23.6. The van der Waals surface area contributed by atoms with Crippen molar-refractivity contribution >= 4 is 23.2 Å². The number of rotatable bonds is 9. The molecule has 0 saturated carbocycles. The Bertz CT molecular complexity index is 1200. The number of Topliss-reactive ketones (excluding diaryl/α,β-unsaturated/α-hetero) is 1. The molecule has 0 spiro atoms. The molecule has 176 valence electrons. The highest BCUT2D eigenvalue weighted by Gasteiger charge is 2.27. The Morgan fingerprint density at radius 3 is 3.03 bits per heavy atom. The van der Waals surface area contributed by atoms with Gasteiger partial charge in [0.1, 0.15) is 11.9 Å². The van der Waals surface area contributed by atoms with Crippen LogP contribution in [-0.4, -0.2) is 28.6 Å². The van der Waals surface area contributed by atoms with Crippen LogP contribution in [0.2, 0.25) is 0 Å². The Morgan fingerprint density at radius 1 is 1.41 bits per heavy atom. The van der Waals surface area contributed by atoms with Gasteiger partial charge in [-0.1, -0.05) is 11.2 Å². The van der Waals surface area contributed by atoms with E-state index in [1.807, 2.05) is 19.1 Å². The van der Waals surface area contributed by atoms with Gasteiger partial charge in [-0.15, -0.1) is 11.3 Å². The summed E-state index contributed by atoms with van der Waals surface area (Å²) < 4.78 is 10.5. The van der Waals surface area contributed by atoms with Crippen LogP contribution in [0, 0.1) is 24.2 Å². The number of alkyl carbamates (subject to hydrolysis) is 1. The van der Waals surface area contributed by atoms with Gasteiger partial charge in [0.15, 0.2) is 5.76 Å². The topological polar surface area (TPSA) is 118 Å². The van der Waals surface area contributed by atoms with E-state index in [9.17, 15) is 14.9 Å². The lowest BCUT2D eigenvalue weighted by molar-refractivity contribution is -0.118. The smallest absolute Gasteiger partial charge is 0.407 e. The van der Waals surface area contributed by atoms with Crippen LogP contribution in [0.15, 0.2) is 35.1 Å². The van der Waals surface area contributed by atoms with E-state index in [0.717, 1.165) is 45.8 Å². The van der Waals surface area contributed by atoms with E-state index in [-0.39, 0.29) is 24.7 Å². The van der Waals surface area contributed by atoms with Crippen molar-refractivity contribution in [2.24, 2.45) is 5.92 Å². The van der Waals surface area contributed by atoms with Gasteiger partial charge in [-0.25, -0.2) is 4.79 Å². The van der Waals surface area contributed by atoms with Gasteiger partial charge in [-0.3, -0.25) is 9.78 Å². The average molecular weight is 479 g/mol. The second kappa shape index (κ2) is 11.1. The zero-order chi connectivity index (χ0) is 23.9. The summed E-state index contributed by atoms with van der Waals surface area (Å²) in [4.78, 5) is 30.7. The summed E-state index contributed by atoms with van der Waals surface area (Å²) in [6.07, 6.45) is 6.69. The van der Waals surface area contributed by atoms with E-state index in [2.05, 4.69) is 21.5 Å². The molecule has 8 nitrogen and oxygen atoms in total. The van der Waals surface area contributed by atoms with Crippen LogP contribution in [-0.2, 0) is 41.8 Å². The number of hydrogen-bond acceptors (Lipinski definition) is 8. The molecule has 4 rings (SSSR count). The minimum absolute atomic E-state index is 0.123. The lowest BCUT2D eigenvalue weighted by atomic mass is 9.87. The zero-order valence-electron chi connectivity index (χ0n) is 19.0.